The highest BCUT2D eigenvalue weighted by atomic mass is 79.9. The standard InChI is InChI=1S/C7H9BrN2/c1-2-6-4-9-7(3-8)10-5-6/h4-5H,2-3H2,1H3. The molecule has 1 rings (SSSR count). The average Bonchev–Trinajstić information content (AvgIpc) is 2.05. The number of nitrogens with zero attached hydrogens (tertiary/aromatic N) is 2. The lowest BCUT2D eigenvalue weighted by molar-refractivity contribution is 0.982. The maximum atomic E-state index is 4.11. The second-order valence-electron chi connectivity index (χ2n) is 1.99. The Morgan fingerprint density at radius 2 is 2.00 bits per heavy atom. The predicted molar refractivity (Wildman–Crippen MR) is 44.0 cm³/mol. The minimum absolute atomic E-state index is 0.733. The van der Waals surface area contributed by atoms with Gasteiger partial charge >= 0.3 is 0 Å². The smallest absolute Gasteiger partial charge is 0.138 e. The van der Waals surface area contributed by atoms with Crippen LogP contribution >= 0.6 is 15.9 Å². The Balaban J connectivity index is 2.80. The molecule has 1 aromatic heterocycles. The third-order valence-corrected chi connectivity index (χ3v) is 1.79. The molecule has 0 aliphatic heterocycles. The molecule has 0 bridgehead atoms. The summed E-state index contributed by atoms with van der Waals surface area (Å²) in [6.07, 6.45) is 4.73. The van der Waals surface area contributed by atoms with Gasteiger partial charge in [-0.25, -0.2) is 9.97 Å². The van der Waals surface area contributed by atoms with Gasteiger partial charge in [-0.3, -0.25) is 0 Å². The molecule has 0 radical (unpaired) electrons. The van der Waals surface area contributed by atoms with E-state index >= 15 is 0 Å². The number of aryl methyl sites for hydroxylation is 1. The van der Waals surface area contributed by atoms with Crippen molar-refractivity contribution in [3.05, 3.63) is 23.8 Å². The second-order valence-corrected chi connectivity index (χ2v) is 2.56. The molecule has 0 aromatic carbocycles. The molecule has 3 heteroatoms. The Kier molecular flexibility index (Phi) is 2.81. The normalized spacial score (nSPS) is 9.80. The molecule has 0 fully saturated rings. The van der Waals surface area contributed by atoms with E-state index in [4.69, 9.17) is 0 Å². The highest BCUT2D eigenvalue weighted by Gasteiger charge is 1.92. The van der Waals surface area contributed by atoms with Crippen LogP contribution in [0, 0.1) is 0 Å². The molecule has 10 heavy (non-hydrogen) atoms. The van der Waals surface area contributed by atoms with Gasteiger partial charge in [-0.2, -0.15) is 0 Å². The Hall–Kier alpha value is -0.440. The Labute approximate surface area is 68.8 Å². The molecule has 0 spiro atoms. The summed E-state index contributed by atoms with van der Waals surface area (Å²) in [6.45, 7) is 2.09. The summed E-state index contributed by atoms with van der Waals surface area (Å²) in [5, 5.41) is 0.733. The molecular weight excluding hydrogens is 192 g/mol. The van der Waals surface area contributed by atoms with E-state index in [-0.39, 0.29) is 0 Å². The molecule has 0 amide bonds. The first-order valence-electron chi connectivity index (χ1n) is 3.22. The molecule has 0 unspecified atom stereocenters. The molecule has 0 aliphatic carbocycles. The number of rotatable bonds is 2. The van der Waals surface area contributed by atoms with Crippen molar-refractivity contribution >= 4 is 15.9 Å². The van der Waals surface area contributed by atoms with Crippen LogP contribution in [0.15, 0.2) is 12.4 Å². The van der Waals surface area contributed by atoms with Crippen LogP contribution in [-0.4, -0.2) is 9.97 Å². The Morgan fingerprint density at radius 1 is 1.40 bits per heavy atom. The van der Waals surface area contributed by atoms with Gasteiger partial charge < -0.3 is 0 Å². The van der Waals surface area contributed by atoms with Gasteiger partial charge in [0, 0.05) is 12.4 Å². The van der Waals surface area contributed by atoms with Crippen LogP contribution in [0.25, 0.3) is 0 Å². The Morgan fingerprint density at radius 3 is 2.40 bits per heavy atom. The number of hydrogen-bond acceptors (Lipinski definition) is 2. The van der Waals surface area contributed by atoms with E-state index in [2.05, 4.69) is 32.8 Å². The zero-order valence-corrected chi connectivity index (χ0v) is 7.43. The van der Waals surface area contributed by atoms with Crippen molar-refractivity contribution in [1.82, 2.24) is 9.97 Å². The van der Waals surface area contributed by atoms with Crippen LogP contribution in [0.1, 0.15) is 18.3 Å². The third-order valence-electron chi connectivity index (χ3n) is 1.29. The van der Waals surface area contributed by atoms with Crippen molar-refractivity contribution in [3.63, 3.8) is 0 Å². The number of alkyl halides is 1. The zero-order valence-electron chi connectivity index (χ0n) is 5.84. The molecule has 0 atom stereocenters. The molecule has 0 saturated carbocycles. The first kappa shape index (κ1) is 7.66. The zero-order chi connectivity index (χ0) is 7.40. The summed E-state index contributed by atoms with van der Waals surface area (Å²) in [7, 11) is 0. The lowest BCUT2D eigenvalue weighted by Gasteiger charge is -1.94. The van der Waals surface area contributed by atoms with E-state index in [1.54, 1.807) is 0 Å². The van der Waals surface area contributed by atoms with Crippen molar-refractivity contribution < 1.29 is 0 Å². The number of aromatic nitrogens is 2. The lowest BCUT2D eigenvalue weighted by atomic mass is 10.3. The summed E-state index contributed by atoms with van der Waals surface area (Å²) in [5.41, 5.74) is 1.18. The summed E-state index contributed by atoms with van der Waals surface area (Å²) in [5.74, 6) is 0.845. The van der Waals surface area contributed by atoms with Gasteiger partial charge in [0.1, 0.15) is 5.82 Å². The van der Waals surface area contributed by atoms with Crippen molar-refractivity contribution in [2.75, 3.05) is 0 Å². The minimum atomic E-state index is 0.733. The maximum Gasteiger partial charge on any atom is 0.138 e. The fourth-order valence-electron chi connectivity index (χ4n) is 0.633. The number of hydrogen-bond donors (Lipinski definition) is 0. The third kappa shape index (κ3) is 1.77. The molecule has 1 heterocycles. The van der Waals surface area contributed by atoms with Gasteiger partial charge in [0.25, 0.3) is 0 Å². The summed E-state index contributed by atoms with van der Waals surface area (Å²) in [6, 6.07) is 0. The van der Waals surface area contributed by atoms with Gasteiger partial charge in [-0.15, -0.1) is 0 Å². The van der Waals surface area contributed by atoms with Crippen molar-refractivity contribution in [2.45, 2.75) is 18.7 Å². The molecule has 0 aliphatic rings. The van der Waals surface area contributed by atoms with Crippen LogP contribution in [0.3, 0.4) is 0 Å². The Bertz CT molecular complexity index is 172. The maximum absolute atomic E-state index is 4.11. The molecular formula is C7H9BrN2. The highest BCUT2D eigenvalue weighted by molar-refractivity contribution is 9.08. The van der Waals surface area contributed by atoms with Crippen molar-refractivity contribution in [2.24, 2.45) is 0 Å². The first-order chi connectivity index (χ1) is 4.86. The first-order valence-corrected chi connectivity index (χ1v) is 4.34. The van der Waals surface area contributed by atoms with Gasteiger partial charge in [0.2, 0.25) is 0 Å². The van der Waals surface area contributed by atoms with Gasteiger partial charge in [0.05, 0.1) is 5.33 Å². The largest absolute Gasteiger partial charge is 0.240 e. The monoisotopic (exact) mass is 200 g/mol. The van der Waals surface area contributed by atoms with E-state index < -0.39 is 0 Å². The fraction of sp³-hybridized carbons (Fsp3) is 0.429. The predicted octanol–water partition coefficient (Wildman–Crippen LogP) is 1.93. The average molecular weight is 201 g/mol. The van der Waals surface area contributed by atoms with Gasteiger partial charge in [-0.1, -0.05) is 22.9 Å². The van der Waals surface area contributed by atoms with Crippen LogP contribution in [0.4, 0.5) is 0 Å². The van der Waals surface area contributed by atoms with E-state index in [0.29, 0.717) is 0 Å². The SMILES string of the molecule is CCc1cnc(CBr)nc1. The topological polar surface area (TPSA) is 25.8 Å². The summed E-state index contributed by atoms with van der Waals surface area (Å²) >= 11 is 3.28. The van der Waals surface area contributed by atoms with E-state index in [1.165, 1.54) is 5.56 Å². The van der Waals surface area contributed by atoms with Crippen molar-refractivity contribution in [1.29, 1.82) is 0 Å². The molecule has 0 N–H and O–H groups in total. The van der Waals surface area contributed by atoms with Crippen LogP contribution in [-0.2, 0) is 11.8 Å². The van der Waals surface area contributed by atoms with Crippen molar-refractivity contribution in [3.8, 4) is 0 Å². The fourth-order valence-corrected chi connectivity index (χ4v) is 0.923. The quantitative estimate of drug-likeness (QED) is 0.683. The van der Waals surface area contributed by atoms with E-state index in [0.717, 1.165) is 17.6 Å². The number of halogens is 1. The van der Waals surface area contributed by atoms with Gasteiger partial charge in [0.15, 0.2) is 0 Å². The minimum Gasteiger partial charge on any atom is -0.240 e. The van der Waals surface area contributed by atoms with Gasteiger partial charge in [-0.05, 0) is 12.0 Å². The van der Waals surface area contributed by atoms with E-state index in [9.17, 15) is 0 Å². The molecule has 54 valence electrons. The molecule has 1 aromatic rings. The molecule has 2 nitrogen and oxygen atoms in total. The van der Waals surface area contributed by atoms with E-state index in [1.807, 2.05) is 12.4 Å². The van der Waals surface area contributed by atoms with Crippen LogP contribution in [0.5, 0.6) is 0 Å². The second kappa shape index (κ2) is 3.66. The molecule has 0 saturated heterocycles. The highest BCUT2D eigenvalue weighted by Crippen LogP contribution is 1.99. The van der Waals surface area contributed by atoms with Crippen LogP contribution < -0.4 is 0 Å². The van der Waals surface area contributed by atoms with Crippen LogP contribution in [0.2, 0.25) is 0 Å². The summed E-state index contributed by atoms with van der Waals surface area (Å²) in [4.78, 5) is 8.22. The lowest BCUT2D eigenvalue weighted by Crippen LogP contribution is -1.91. The summed E-state index contributed by atoms with van der Waals surface area (Å²) < 4.78 is 0.